The second kappa shape index (κ2) is 14.7. The van der Waals surface area contributed by atoms with Crippen LogP contribution in [0.3, 0.4) is 0 Å². The molecule has 0 saturated heterocycles. The molecule has 3 heterocycles. The van der Waals surface area contributed by atoms with Crippen molar-refractivity contribution in [3.63, 3.8) is 0 Å². The number of hydrogen-bond donors (Lipinski definition) is 0. The van der Waals surface area contributed by atoms with E-state index in [1.54, 1.807) is 27.3 Å². The van der Waals surface area contributed by atoms with Gasteiger partial charge in [0.2, 0.25) is 0 Å². The summed E-state index contributed by atoms with van der Waals surface area (Å²) in [4.78, 5) is 6.75. The number of aromatic nitrogens is 4. The zero-order valence-corrected chi connectivity index (χ0v) is 33.7. The van der Waals surface area contributed by atoms with E-state index in [1.807, 2.05) is 98.0 Å². The first-order chi connectivity index (χ1) is 33.3. The summed E-state index contributed by atoms with van der Waals surface area (Å²) in [6, 6.07) is 31.2. The number of ether oxygens (including phenoxy) is 1. The molecule has 3 aromatic heterocycles. The molecule has 0 amide bonds. The van der Waals surface area contributed by atoms with E-state index in [4.69, 9.17) is 23.4 Å². The highest BCUT2D eigenvalue weighted by molar-refractivity contribution is 6.09. The minimum absolute atomic E-state index is 0.0908. The molecule has 0 aliphatic heterocycles. The molecular formula is C54H45N5O. The number of anilines is 1. The zero-order valence-electron chi connectivity index (χ0n) is 43.7. The molecule has 6 heteroatoms. The number of imidazole rings is 1. The van der Waals surface area contributed by atoms with Crippen LogP contribution in [-0.2, 0) is 5.41 Å². The van der Waals surface area contributed by atoms with E-state index in [9.17, 15) is 0 Å². The topological polar surface area (TPSA) is 39.1 Å². The number of fused-ring (bicyclic) bond motifs is 4. The van der Waals surface area contributed by atoms with E-state index in [1.165, 1.54) is 0 Å². The van der Waals surface area contributed by atoms with Crippen molar-refractivity contribution >= 4 is 38.5 Å². The molecule has 7 aromatic carbocycles. The van der Waals surface area contributed by atoms with Crippen molar-refractivity contribution in [3.05, 3.63) is 194 Å². The summed E-state index contributed by atoms with van der Waals surface area (Å²) in [6.45, 7) is 6.54. The Morgan fingerprint density at radius 1 is 0.650 bits per heavy atom. The van der Waals surface area contributed by atoms with Gasteiger partial charge in [0, 0.05) is 42.8 Å². The Kier molecular flexibility index (Phi) is 6.70. The van der Waals surface area contributed by atoms with Gasteiger partial charge in [0.05, 0.1) is 47.1 Å². The smallest absolute Gasteiger partial charge is 0.269 e. The highest BCUT2D eigenvalue weighted by Gasteiger charge is 2.22. The quantitative estimate of drug-likeness (QED) is 0.114. The van der Waals surface area contributed by atoms with Crippen LogP contribution in [0, 0.1) is 6.33 Å². The molecule has 6 nitrogen and oxygen atoms in total. The van der Waals surface area contributed by atoms with E-state index in [2.05, 4.69) is 55.9 Å². The fourth-order valence-corrected chi connectivity index (χ4v) is 7.78. The number of pyridine rings is 1. The fourth-order valence-electron chi connectivity index (χ4n) is 7.78. The van der Waals surface area contributed by atoms with Crippen LogP contribution in [0.5, 0.6) is 11.5 Å². The van der Waals surface area contributed by atoms with Crippen molar-refractivity contribution in [2.75, 3.05) is 19.0 Å². The van der Waals surface area contributed by atoms with Gasteiger partial charge in [-0.1, -0.05) is 130 Å². The second-order valence-corrected chi connectivity index (χ2v) is 15.8. The number of hydrogen-bond acceptors (Lipinski definition) is 3. The van der Waals surface area contributed by atoms with Crippen LogP contribution in [0.1, 0.15) is 40.0 Å². The van der Waals surface area contributed by atoms with Crippen LogP contribution in [0.4, 0.5) is 5.69 Å². The minimum atomic E-state index is -0.569. The molecule has 0 aliphatic rings. The van der Waals surface area contributed by atoms with Crippen LogP contribution in [0.15, 0.2) is 182 Å². The molecule has 0 fully saturated rings. The average molecular weight is 790 g/mol. The predicted octanol–water partition coefficient (Wildman–Crippen LogP) is 12.7. The van der Waals surface area contributed by atoms with Gasteiger partial charge in [-0.25, -0.2) is 4.98 Å². The molecular weight excluding hydrogens is 735 g/mol. The summed E-state index contributed by atoms with van der Waals surface area (Å²) in [6.07, 6.45) is 5.33. The van der Waals surface area contributed by atoms with E-state index in [0.29, 0.717) is 28.2 Å². The number of rotatable bonds is 8. The van der Waals surface area contributed by atoms with Crippen LogP contribution >= 0.6 is 0 Å². The minimum Gasteiger partial charge on any atom is -0.458 e. The molecule has 0 spiro atoms. The van der Waals surface area contributed by atoms with Gasteiger partial charge in [0.1, 0.15) is 17.3 Å². The standard InChI is InChI=1S/C54H45N5O/c1-54(2,3)39-30-31-55-52(32-39)59-48-25-13-12-22-46(48)47-28-27-43(35-50(47)59)60-42-21-14-20-41(33-42)57-36-58(51-34-40(56(4)5)26-29-49(51)57)53-44(37-16-8-6-9-17-37)23-15-24-45(53)38-18-10-7-11-19-38/h6-35H,1-5H3/i6D,7D,8D,9D,10D,11D,16D,17D,18D,19D. The molecule has 0 atom stereocenters. The van der Waals surface area contributed by atoms with Crippen LogP contribution < -0.4 is 14.2 Å². The van der Waals surface area contributed by atoms with Crippen molar-refractivity contribution < 1.29 is 23.0 Å². The Balaban J connectivity index is 1.18. The maximum atomic E-state index is 9.07. The third kappa shape index (κ3) is 6.56. The average Bonchev–Trinajstić information content (AvgIpc) is 3.89. The van der Waals surface area contributed by atoms with Gasteiger partial charge in [0.25, 0.3) is 6.33 Å². The van der Waals surface area contributed by atoms with Gasteiger partial charge < -0.3 is 9.64 Å². The van der Waals surface area contributed by atoms with Crippen molar-refractivity contribution in [3.8, 4) is 50.9 Å². The lowest BCUT2D eigenvalue weighted by Crippen LogP contribution is -2.31. The van der Waals surface area contributed by atoms with Crippen molar-refractivity contribution in [1.82, 2.24) is 14.1 Å². The first kappa shape index (κ1) is 27.3. The van der Waals surface area contributed by atoms with Crippen molar-refractivity contribution in [2.45, 2.75) is 26.2 Å². The molecule has 0 N–H and O–H groups in total. The van der Waals surface area contributed by atoms with Gasteiger partial charge in [-0.15, -0.1) is 0 Å². The Morgan fingerprint density at radius 3 is 2.05 bits per heavy atom. The van der Waals surface area contributed by atoms with Crippen molar-refractivity contribution in [1.29, 1.82) is 0 Å². The zero-order chi connectivity index (χ0) is 49.7. The summed E-state index contributed by atoms with van der Waals surface area (Å²) < 4.78 is 99.8. The van der Waals surface area contributed by atoms with Crippen LogP contribution in [0.2, 0.25) is 0 Å². The number of benzene rings is 7. The van der Waals surface area contributed by atoms with Gasteiger partial charge in [0.15, 0.2) is 0 Å². The summed E-state index contributed by atoms with van der Waals surface area (Å²) in [5, 5.41) is 2.12. The molecule has 60 heavy (non-hydrogen) atoms. The van der Waals surface area contributed by atoms with Gasteiger partial charge in [-0.05, 0) is 93.9 Å². The summed E-state index contributed by atoms with van der Waals surface area (Å²) in [5.41, 5.74) is 5.83. The normalized spacial score (nSPS) is 14.1. The van der Waals surface area contributed by atoms with Gasteiger partial charge in [-0.3, -0.25) is 13.7 Å². The second-order valence-electron chi connectivity index (χ2n) is 15.8. The number of para-hydroxylation sites is 2. The first-order valence-electron chi connectivity index (χ1n) is 24.6. The van der Waals surface area contributed by atoms with E-state index < -0.39 is 60.4 Å². The third-order valence-electron chi connectivity index (χ3n) is 10.8. The predicted molar refractivity (Wildman–Crippen MR) is 246 cm³/mol. The van der Waals surface area contributed by atoms with E-state index in [0.717, 1.165) is 38.9 Å². The van der Waals surface area contributed by atoms with E-state index in [-0.39, 0.29) is 33.4 Å². The highest BCUT2D eigenvalue weighted by atomic mass is 16.5. The largest absolute Gasteiger partial charge is 0.458 e. The molecule has 0 saturated carbocycles. The Hall–Kier alpha value is -7.44. The fraction of sp³-hybridized carbons (Fsp3) is 0.111. The summed E-state index contributed by atoms with van der Waals surface area (Å²) >= 11 is 0. The van der Waals surface area contributed by atoms with E-state index >= 15 is 0 Å². The number of nitrogens with zero attached hydrogens (tertiary/aromatic N) is 5. The van der Waals surface area contributed by atoms with Crippen LogP contribution in [0.25, 0.3) is 72.3 Å². The third-order valence-corrected chi connectivity index (χ3v) is 10.8. The lowest BCUT2D eigenvalue weighted by atomic mass is 9.88. The monoisotopic (exact) mass is 789 g/mol. The Bertz CT molecular complexity index is 3650. The first-order valence-corrected chi connectivity index (χ1v) is 19.6. The summed E-state index contributed by atoms with van der Waals surface area (Å²) in [5.74, 6) is 1.89. The van der Waals surface area contributed by atoms with Gasteiger partial charge >= 0.3 is 0 Å². The highest BCUT2D eigenvalue weighted by Crippen LogP contribution is 2.38. The Morgan fingerprint density at radius 2 is 1.33 bits per heavy atom. The SMILES string of the molecule is [2H]c1c([2H])c([2H])c(-c2cccc(-c3c([2H])c([2H])c([2H])c([2H])c3[2H])c2-[n+]2[c-]n(-c3cccc(Oc4ccc5c6ccccc6n(-c6cc(C(C)(C)C)ccn6)c5c4)c3)c3ccc(N(C)C)cc32)c([2H])c1[2H]. The molecule has 0 radical (unpaired) electrons. The Labute approximate surface area is 364 Å². The molecule has 292 valence electrons. The molecule has 0 bridgehead atoms. The van der Waals surface area contributed by atoms with Crippen LogP contribution in [-0.4, -0.2) is 28.2 Å². The molecule has 0 unspecified atom stereocenters. The maximum absolute atomic E-state index is 9.07. The lowest BCUT2D eigenvalue weighted by Gasteiger charge is -2.20. The molecule has 10 aromatic rings. The van der Waals surface area contributed by atoms with Gasteiger partial charge in [-0.2, -0.15) is 0 Å². The summed E-state index contributed by atoms with van der Waals surface area (Å²) in [7, 11) is 3.78. The van der Waals surface area contributed by atoms with Crippen molar-refractivity contribution in [2.24, 2.45) is 0 Å². The lowest BCUT2D eigenvalue weighted by molar-refractivity contribution is -0.571. The maximum Gasteiger partial charge on any atom is 0.269 e. The molecule has 10 rings (SSSR count). The molecule has 0 aliphatic carbocycles.